The fourth-order valence-electron chi connectivity index (χ4n) is 0. The first kappa shape index (κ1) is 19.7. The first-order valence-electron chi connectivity index (χ1n) is 0.224. The Morgan fingerprint density at radius 3 is 1.25 bits per heavy atom. The summed E-state index contributed by atoms with van der Waals surface area (Å²) in [5, 5.41) is 6.25. The molecular formula is CHgNZn+3. The second-order valence-corrected chi connectivity index (χ2v) is 0. The van der Waals surface area contributed by atoms with Gasteiger partial charge in [0.05, 0.1) is 0 Å². The van der Waals surface area contributed by atoms with Crippen LogP contribution in [0.2, 0.25) is 0 Å². The molecule has 0 aromatic carbocycles. The summed E-state index contributed by atoms with van der Waals surface area (Å²) >= 11 is 0. The molecule has 0 unspecified atom stereocenters. The van der Waals surface area contributed by atoms with Crippen LogP contribution in [0.25, 0.3) is 0 Å². The summed E-state index contributed by atoms with van der Waals surface area (Å²) in [6.45, 7) is 4.75. The van der Waals surface area contributed by atoms with Crippen molar-refractivity contribution in [2.24, 2.45) is 0 Å². The molecule has 10 valence electrons. The van der Waals surface area contributed by atoms with Crippen molar-refractivity contribution in [2.75, 3.05) is 0 Å². The smallest absolute Gasteiger partial charge is 0.512 e. The minimum absolute atomic E-state index is 0. The molecule has 0 aliphatic heterocycles. The van der Waals surface area contributed by atoms with Crippen LogP contribution in [0.4, 0.5) is 0 Å². The van der Waals surface area contributed by atoms with Crippen LogP contribution in [0.5, 0.6) is 0 Å². The van der Waals surface area contributed by atoms with Crippen molar-refractivity contribution in [1.29, 1.82) is 5.26 Å². The van der Waals surface area contributed by atoms with E-state index in [0.29, 0.717) is 0 Å². The molecule has 0 spiro atoms. The van der Waals surface area contributed by atoms with Crippen molar-refractivity contribution < 1.29 is 47.1 Å². The van der Waals surface area contributed by atoms with Crippen LogP contribution in [0, 0.1) is 11.8 Å². The van der Waals surface area contributed by atoms with Crippen LogP contribution in [0.1, 0.15) is 0 Å². The maximum atomic E-state index is 6.25. The van der Waals surface area contributed by atoms with Crippen LogP contribution in [-0.2, 0) is 47.1 Å². The van der Waals surface area contributed by atoms with Crippen LogP contribution in [0.3, 0.4) is 0 Å². The molecule has 0 aliphatic rings. The molecule has 0 aromatic heterocycles. The summed E-state index contributed by atoms with van der Waals surface area (Å²) in [6, 6.07) is 0. The van der Waals surface area contributed by atoms with Gasteiger partial charge in [0.15, 0.2) is 0 Å². The first-order chi connectivity index (χ1) is 1.00. The molecule has 0 saturated carbocycles. The molecule has 0 rings (SSSR count). The van der Waals surface area contributed by atoms with Crippen molar-refractivity contribution >= 4 is 0 Å². The van der Waals surface area contributed by atoms with Gasteiger partial charge in [-0.25, -0.2) is 0 Å². The topological polar surface area (TPSA) is 23.8 Å². The Balaban J connectivity index is -0.00000000500. The third-order valence-corrected chi connectivity index (χ3v) is 0. The van der Waals surface area contributed by atoms with Gasteiger partial charge in [0.2, 0.25) is 0 Å². The zero-order valence-corrected chi connectivity index (χ0v) is 10.8. The number of rotatable bonds is 0. The van der Waals surface area contributed by atoms with E-state index >= 15 is 0 Å². The second kappa shape index (κ2) is 34.2. The van der Waals surface area contributed by atoms with E-state index < -0.39 is 0 Å². The van der Waals surface area contributed by atoms with Gasteiger partial charge in [-0.1, -0.05) is 0 Å². The molecule has 0 heterocycles. The monoisotopic (exact) mass is 292 g/mol. The van der Waals surface area contributed by atoms with E-state index in [4.69, 9.17) is 11.8 Å². The van der Waals surface area contributed by atoms with Gasteiger partial charge in [-0.15, -0.1) is 0 Å². The largest absolute Gasteiger partial charge is 2.00 e. The van der Waals surface area contributed by atoms with Gasteiger partial charge in [0, 0.05) is 0 Å². The van der Waals surface area contributed by atoms with Crippen molar-refractivity contribution in [2.45, 2.75) is 0 Å². The van der Waals surface area contributed by atoms with Crippen molar-refractivity contribution in [3.05, 3.63) is 6.57 Å². The zero-order valence-electron chi connectivity index (χ0n) is 2.36. The Morgan fingerprint density at radius 1 is 1.25 bits per heavy atom. The van der Waals surface area contributed by atoms with E-state index in [9.17, 15) is 0 Å². The standard InChI is InChI=1S/CN.Hg.Zn/c1-2;;/q-1;2*+2. The average Bonchev–Trinajstić information content (AvgIpc) is 1.00. The Bertz CT molecular complexity index is 12.8. The normalized spacial score (nSPS) is 0.500. The third-order valence-electron chi connectivity index (χ3n) is 0. The first-order valence-corrected chi connectivity index (χ1v) is 0.224. The van der Waals surface area contributed by atoms with Crippen molar-refractivity contribution in [3.63, 3.8) is 0 Å². The number of hydrogen-bond donors (Lipinski definition) is 0. The quantitative estimate of drug-likeness (QED) is 0.458. The summed E-state index contributed by atoms with van der Waals surface area (Å²) in [4.78, 5) is 0. The van der Waals surface area contributed by atoms with Gasteiger partial charge >= 0.3 is 47.1 Å². The summed E-state index contributed by atoms with van der Waals surface area (Å²) < 4.78 is 0. The summed E-state index contributed by atoms with van der Waals surface area (Å²) in [7, 11) is 0. The minimum Gasteiger partial charge on any atom is -0.512 e. The van der Waals surface area contributed by atoms with Crippen LogP contribution in [-0.4, -0.2) is 0 Å². The fraction of sp³-hybridized carbons (Fsp3) is 0. The average molecular weight is 292 g/mol. The predicted octanol–water partition coefficient (Wildman–Crippen LogP) is 0.0914. The van der Waals surface area contributed by atoms with Gasteiger partial charge in [-0.3, -0.25) is 0 Å². The molecule has 0 atom stereocenters. The summed E-state index contributed by atoms with van der Waals surface area (Å²) in [6.07, 6.45) is 0. The van der Waals surface area contributed by atoms with E-state index in [1.807, 2.05) is 0 Å². The van der Waals surface area contributed by atoms with Crippen molar-refractivity contribution in [1.82, 2.24) is 0 Å². The van der Waals surface area contributed by atoms with Gasteiger partial charge in [0.1, 0.15) is 0 Å². The van der Waals surface area contributed by atoms with Crippen LogP contribution >= 0.6 is 0 Å². The van der Waals surface area contributed by atoms with Gasteiger partial charge in [-0.05, 0) is 0 Å². The maximum absolute atomic E-state index is 6.25. The SMILES string of the molecule is [C-]#N.[Hg+2].[Zn+2]. The minimum atomic E-state index is 0. The molecule has 0 radical (unpaired) electrons. The molecule has 0 bridgehead atoms. The summed E-state index contributed by atoms with van der Waals surface area (Å²) in [5.74, 6) is 0. The molecule has 1 nitrogen and oxygen atoms in total. The van der Waals surface area contributed by atoms with E-state index in [-0.39, 0.29) is 47.1 Å². The number of hydrogen-bond acceptors (Lipinski definition) is 1. The fourth-order valence-corrected chi connectivity index (χ4v) is 0. The van der Waals surface area contributed by atoms with Gasteiger partial charge in [-0.2, -0.15) is 0 Å². The molecule has 0 aromatic rings. The molecule has 0 fully saturated rings. The van der Waals surface area contributed by atoms with E-state index in [2.05, 4.69) is 0 Å². The molecule has 0 aliphatic carbocycles. The third kappa shape index (κ3) is 11.6. The Hall–Kier alpha value is 1.05. The Morgan fingerprint density at radius 2 is 1.25 bits per heavy atom. The molecule has 0 saturated heterocycles. The van der Waals surface area contributed by atoms with E-state index in [1.54, 1.807) is 0 Å². The van der Waals surface area contributed by atoms with Gasteiger partial charge in [0.25, 0.3) is 0 Å². The number of nitrogens with zero attached hydrogens (tertiary/aromatic N) is 1. The second-order valence-electron chi connectivity index (χ2n) is 0. The van der Waals surface area contributed by atoms with Crippen molar-refractivity contribution in [3.8, 4) is 0 Å². The molecule has 4 heavy (non-hydrogen) atoms. The molecule has 0 N–H and O–H groups in total. The molecule has 0 amide bonds. The van der Waals surface area contributed by atoms with E-state index in [0.717, 1.165) is 0 Å². The van der Waals surface area contributed by atoms with Gasteiger partial charge < -0.3 is 11.8 Å². The molecule has 3 heteroatoms. The van der Waals surface area contributed by atoms with Crippen LogP contribution < -0.4 is 0 Å². The zero-order chi connectivity index (χ0) is 2.00. The van der Waals surface area contributed by atoms with Crippen LogP contribution in [0.15, 0.2) is 0 Å². The predicted molar refractivity (Wildman–Crippen MR) is 4.97 cm³/mol. The molecular weight excluding hydrogens is 292 g/mol. The maximum Gasteiger partial charge on any atom is 2.00 e. The Kier molecular flexibility index (Phi) is 169. The Labute approximate surface area is 58.6 Å². The van der Waals surface area contributed by atoms with E-state index in [1.165, 1.54) is 0 Å². The summed E-state index contributed by atoms with van der Waals surface area (Å²) in [5.41, 5.74) is 0.